The molecule has 130 valence electrons. The topological polar surface area (TPSA) is 102 Å². The van der Waals surface area contributed by atoms with E-state index in [1.54, 1.807) is 18.5 Å². The van der Waals surface area contributed by atoms with E-state index in [1.165, 1.54) is 4.57 Å². The molecule has 1 fully saturated rings. The first-order chi connectivity index (χ1) is 11.0. The number of hydrogen-bond donors (Lipinski definition) is 2. The largest absolute Gasteiger partial charge is 0.341 e. The first-order valence-corrected chi connectivity index (χ1v) is 7.62. The third-order valence-electron chi connectivity index (χ3n) is 4.14. The summed E-state index contributed by atoms with van der Waals surface area (Å²) in [5.41, 5.74) is 5.87. The molecule has 1 saturated heterocycles. The Labute approximate surface area is 145 Å². The maximum absolute atomic E-state index is 12.3. The predicted molar refractivity (Wildman–Crippen MR) is 95.7 cm³/mol. The molecule has 0 aromatic carbocycles. The molecule has 0 radical (unpaired) electrons. The Balaban J connectivity index is 0.00000208. The van der Waals surface area contributed by atoms with Gasteiger partial charge in [-0.15, -0.1) is 18.3 Å². The van der Waals surface area contributed by atoms with Gasteiger partial charge in [-0.25, -0.2) is 4.79 Å². The SMILES string of the molecule is CC#CCn1c(N2CCCC(N)C2)nc2c1c(=O)[nH]c(=O)n2C.Cl. The average Bonchev–Trinajstić information content (AvgIpc) is 2.91. The van der Waals surface area contributed by atoms with Gasteiger partial charge in [0.15, 0.2) is 11.2 Å². The van der Waals surface area contributed by atoms with E-state index in [0.717, 1.165) is 19.4 Å². The molecule has 2 aromatic heterocycles. The summed E-state index contributed by atoms with van der Waals surface area (Å²) < 4.78 is 3.11. The van der Waals surface area contributed by atoms with Gasteiger partial charge in [0, 0.05) is 26.2 Å². The van der Waals surface area contributed by atoms with Crippen LogP contribution in [0, 0.1) is 11.8 Å². The number of nitrogens with one attached hydrogen (secondary N) is 1. The normalized spacial score (nSPS) is 17.3. The van der Waals surface area contributed by atoms with Gasteiger partial charge in [-0.3, -0.25) is 18.9 Å². The first kappa shape index (κ1) is 18.1. The number of aromatic amines is 1. The highest BCUT2D eigenvalue weighted by Gasteiger charge is 2.24. The maximum Gasteiger partial charge on any atom is 0.329 e. The van der Waals surface area contributed by atoms with Crippen LogP contribution in [-0.4, -0.2) is 38.2 Å². The van der Waals surface area contributed by atoms with Crippen molar-refractivity contribution in [2.24, 2.45) is 12.8 Å². The smallest absolute Gasteiger partial charge is 0.329 e. The van der Waals surface area contributed by atoms with Gasteiger partial charge in [0.1, 0.15) is 0 Å². The molecule has 0 saturated carbocycles. The lowest BCUT2D eigenvalue weighted by molar-refractivity contribution is 0.496. The third-order valence-corrected chi connectivity index (χ3v) is 4.14. The average molecular weight is 353 g/mol. The van der Waals surface area contributed by atoms with Gasteiger partial charge >= 0.3 is 5.69 Å². The Kier molecular flexibility index (Phi) is 5.36. The molecule has 3 N–H and O–H groups in total. The van der Waals surface area contributed by atoms with Crippen LogP contribution in [0.3, 0.4) is 0 Å². The zero-order chi connectivity index (χ0) is 16.6. The molecule has 3 rings (SSSR count). The highest BCUT2D eigenvalue weighted by atomic mass is 35.5. The van der Waals surface area contributed by atoms with E-state index in [1.807, 2.05) is 0 Å². The molecule has 0 spiro atoms. The van der Waals surface area contributed by atoms with E-state index in [2.05, 4.69) is 26.7 Å². The molecule has 1 unspecified atom stereocenters. The lowest BCUT2D eigenvalue weighted by Gasteiger charge is -2.31. The fraction of sp³-hybridized carbons (Fsp3) is 0.533. The van der Waals surface area contributed by atoms with Gasteiger partial charge in [0.05, 0.1) is 6.54 Å². The fourth-order valence-electron chi connectivity index (χ4n) is 2.96. The molecule has 0 aliphatic carbocycles. The second kappa shape index (κ2) is 7.11. The van der Waals surface area contributed by atoms with Crippen LogP contribution in [0.5, 0.6) is 0 Å². The Hall–Kier alpha value is -2.24. The van der Waals surface area contributed by atoms with Crippen LogP contribution >= 0.6 is 12.4 Å². The highest BCUT2D eigenvalue weighted by Crippen LogP contribution is 2.22. The molecule has 0 amide bonds. The fourth-order valence-corrected chi connectivity index (χ4v) is 2.96. The Morgan fingerprint density at radius 3 is 2.83 bits per heavy atom. The number of hydrogen-bond acceptors (Lipinski definition) is 5. The maximum atomic E-state index is 12.3. The van der Waals surface area contributed by atoms with Crippen molar-refractivity contribution in [3.8, 4) is 11.8 Å². The number of halogens is 1. The summed E-state index contributed by atoms with van der Waals surface area (Å²) in [5.74, 6) is 6.45. The standard InChI is InChI=1S/C15H20N6O2.ClH/c1-3-4-8-21-11-12(19(2)15(23)18-13(11)22)17-14(21)20-7-5-6-10(16)9-20;/h10H,5-9,16H2,1-2H3,(H,18,22,23);1H. The number of aryl methyl sites for hydroxylation is 1. The summed E-state index contributed by atoms with van der Waals surface area (Å²) in [6.07, 6.45) is 1.95. The molecule has 1 atom stereocenters. The van der Waals surface area contributed by atoms with Crippen LogP contribution in [0.1, 0.15) is 19.8 Å². The quantitative estimate of drug-likeness (QED) is 0.728. The lowest BCUT2D eigenvalue weighted by atomic mass is 10.1. The molecule has 2 aromatic rings. The zero-order valence-corrected chi connectivity index (χ0v) is 14.5. The molecule has 8 nitrogen and oxygen atoms in total. The number of anilines is 1. The minimum atomic E-state index is -0.476. The number of nitrogens with two attached hydrogens (primary N) is 1. The van der Waals surface area contributed by atoms with Crippen molar-refractivity contribution < 1.29 is 0 Å². The minimum Gasteiger partial charge on any atom is -0.341 e. The van der Waals surface area contributed by atoms with Crippen molar-refractivity contribution in [3.05, 3.63) is 20.8 Å². The Bertz CT molecular complexity index is 916. The summed E-state index contributed by atoms with van der Waals surface area (Å²) >= 11 is 0. The second-order valence-corrected chi connectivity index (χ2v) is 5.76. The Morgan fingerprint density at radius 2 is 2.17 bits per heavy atom. The highest BCUT2D eigenvalue weighted by molar-refractivity contribution is 5.85. The number of imidazole rings is 1. The van der Waals surface area contributed by atoms with Crippen molar-refractivity contribution in [3.63, 3.8) is 0 Å². The number of rotatable bonds is 2. The zero-order valence-electron chi connectivity index (χ0n) is 13.7. The summed E-state index contributed by atoms with van der Waals surface area (Å²) in [5, 5.41) is 0. The van der Waals surface area contributed by atoms with E-state index in [0.29, 0.717) is 30.2 Å². The molecule has 3 heterocycles. The molecule has 24 heavy (non-hydrogen) atoms. The van der Waals surface area contributed by atoms with Gasteiger partial charge in [-0.2, -0.15) is 4.98 Å². The van der Waals surface area contributed by atoms with Gasteiger partial charge in [0.25, 0.3) is 5.56 Å². The molecule has 0 bridgehead atoms. The molecular formula is C15H21ClN6O2. The van der Waals surface area contributed by atoms with Crippen LogP contribution < -0.4 is 21.9 Å². The van der Waals surface area contributed by atoms with Gasteiger partial charge in [0.2, 0.25) is 5.95 Å². The van der Waals surface area contributed by atoms with Crippen molar-refractivity contribution in [1.82, 2.24) is 19.1 Å². The van der Waals surface area contributed by atoms with Crippen LogP contribution in [0.2, 0.25) is 0 Å². The van der Waals surface area contributed by atoms with E-state index in [4.69, 9.17) is 5.73 Å². The summed E-state index contributed by atoms with van der Waals surface area (Å²) in [6.45, 7) is 3.59. The van der Waals surface area contributed by atoms with E-state index in [-0.39, 0.29) is 18.4 Å². The van der Waals surface area contributed by atoms with Crippen LogP contribution in [0.15, 0.2) is 9.59 Å². The van der Waals surface area contributed by atoms with Gasteiger partial charge in [-0.05, 0) is 19.8 Å². The monoisotopic (exact) mass is 352 g/mol. The summed E-state index contributed by atoms with van der Waals surface area (Å²) in [7, 11) is 1.59. The van der Waals surface area contributed by atoms with E-state index in [9.17, 15) is 9.59 Å². The summed E-state index contributed by atoms with van der Waals surface area (Å²) in [4.78, 5) is 33.0. The molecule has 9 heteroatoms. The van der Waals surface area contributed by atoms with Crippen LogP contribution in [0.4, 0.5) is 5.95 Å². The first-order valence-electron chi connectivity index (χ1n) is 7.62. The van der Waals surface area contributed by atoms with E-state index < -0.39 is 11.2 Å². The number of H-pyrrole nitrogens is 1. The van der Waals surface area contributed by atoms with Crippen LogP contribution in [-0.2, 0) is 13.6 Å². The van der Waals surface area contributed by atoms with Crippen molar-refractivity contribution in [1.29, 1.82) is 0 Å². The summed E-state index contributed by atoms with van der Waals surface area (Å²) in [6, 6.07) is 0.0800. The second-order valence-electron chi connectivity index (χ2n) is 5.76. The Morgan fingerprint density at radius 1 is 1.42 bits per heavy atom. The number of nitrogens with zero attached hydrogens (tertiary/aromatic N) is 4. The van der Waals surface area contributed by atoms with Crippen LogP contribution in [0.25, 0.3) is 11.2 Å². The van der Waals surface area contributed by atoms with Gasteiger partial charge < -0.3 is 10.6 Å². The van der Waals surface area contributed by atoms with Crippen molar-refractivity contribution >= 4 is 29.5 Å². The number of piperidine rings is 1. The minimum absolute atomic E-state index is 0. The molecule has 1 aliphatic rings. The van der Waals surface area contributed by atoms with E-state index >= 15 is 0 Å². The number of fused-ring (bicyclic) bond motifs is 1. The number of aromatic nitrogens is 4. The third kappa shape index (κ3) is 3.05. The van der Waals surface area contributed by atoms with Crippen molar-refractivity contribution in [2.75, 3.05) is 18.0 Å². The van der Waals surface area contributed by atoms with Crippen molar-refractivity contribution in [2.45, 2.75) is 32.4 Å². The van der Waals surface area contributed by atoms with Gasteiger partial charge in [-0.1, -0.05) is 5.92 Å². The molecular weight excluding hydrogens is 332 g/mol. The molecule has 1 aliphatic heterocycles. The lowest BCUT2D eigenvalue weighted by Crippen LogP contribution is -2.44. The predicted octanol–water partition coefficient (Wildman–Crippen LogP) is -0.204.